The SMILES string of the molecule is CO[C@@H]1C[C@H](O[C@H]2[C@H](C)[C@@H](O[C@@H]3O[C@H](C)C[C@H](N(C)C)[C@@H]3O)[C@@H](C)C[C@@]3(CO3)C(=N\O)/C(C)=C/[C@@H](C)[C@@H](C)OC(=O)[C@@H]2C)O[C@@H](C)[C@@H]1O. The van der Waals surface area contributed by atoms with Crippen LogP contribution < -0.4 is 0 Å². The zero-order chi connectivity index (χ0) is 35.7. The van der Waals surface area contributed by atoms with Gasteiger partial charge in [-0.15, -0.1) is 0 Å². The molecule has 0 radical (unpaired) electrons. The van der Waals surface area contributed by atoms with E-state index in [0.717, 1.165) is 5.57 Å². The monoisotopic (exact) mass is 684 g/mol. The van der Waals surface area contributed by atoms with Crippen molar-refractivity contribution in [1.82, 2.24) is 4.90 Å². The van der Waals surface area contributed by atoms with Crippen molar-refractivity contribution < 1.29 is 53.4 Å². The van der Waals surface area contributed by atoms with Gasteiger partial charge in [0, 0.05) is 31.4 Å². The van der Waals surface area contributed by atoms with Crippen molar-refractivity contribution in [3.63, 3.8) is 0 Å². The fraction of sp³-hybridized carbons (Fsp3) is 0.886. The molecule has 16 atom stereocenters. The first-order valence-corrected chi connectivity index (χ1v) is 17.5. The van der Waals surface area contributed by atoms with Gasteiger partial charge in [-0.25, -0.2) is 0 Å². The van der Waals surface area contributed by atoms with Crippen LogP contribution in [0.2, 0.25) is 0 Å². The molecule has 1 spiro atoms. The molecule has 4 heterocycles. The van der Waals surface area contributed by atoms with Gasteiger partial charge < -0.3 is 53.5 Å². The van der Waals surface area contributed by atoms with E-state index < -0.39 is 78.7 Å². The van der Waals surface area contributed by atoms with Gasteiger partial charge in [0.25, 0.3) is 0 Å². The average molecular weight is 685 g/mol. The normalized spacial score (nSPS) is 48.5. The third-order valence-electron chi connectivity index (χ3n) is 10.9. The Morgan fingerprint density at radius 3 is 2.21 bits per heavy atom. The predicted molar refractivity (Wildman–Crippen MR) is 176 cm³/mol. The van der Waals surface area contributed by atoms with E-state index in [-0.39, 0.29) is 30.4 Å². The average Bonchev–Trinajstić information content (AvgIpc) is 3.79. The molecular formula is C35H60N2O11. The molecule has 276 valence electrons. The van der Waals surface area contributed by atoms with Crippen LogP contribution in [0.4, 0.5) is 0 Å². The largest absolute Gasteiger partial charge is 0.462 e. The first-order chi connectivity index (χ1) is 22.5. The first-order valence-electron chi connectivity index (χ1n) is 17.5. The van der Waals surface area contributed by atoms with E-state index in [4.69, 9.17) is 33.2 Å². The smallest absolute Gasteiger partial charge is 0.311 e. The lowest BCUT2D eigenvalue weighted by Gasteiger charge is -2.46. The van der Waals surface area contributed by atoms with E-state index in [1.54, 1.807) is 13.8 Å². The van der Waals surface area contributed by atoms with Crippen molar-refractivity contribution >= 4 is 11.7 Å². The van der Waals surface area contributed by atoms with Crippen LogP contribution in [0, 0.1) is 23.7 Å². The first kappa shape index (κ1) is 39.1. The molecule has 0 saturated carbocycles. The maximum atomic E-state index is 13.9. The molecule has 0 aliphatic carbocycles. The van der Waals surface area contributed by atoms with Crippen LogP contribution in [0.5, 0.6) is 0 Å². The summed E-state index contributed by atoms with van der Waals surface area (Å²) in [5, 5.41) is 36.0. The second kappa shape index (κ2) is 16.1. The Morgan fingerprint density at radius 1 is 0.958 bits per heavy atom. The van der Waals surface area contributed by atoms with Crippen LogP contribution in [-0.2, 0) is 38.0 Å². The van der Waals surface area contributed by atoms with Crippen LogP contribution in [-0.4, -0.2) is 133 Å². The predicted octanol–water partition coefficient (Wildman–Crippen LogP) is 3.12. The number of aliphatic hydroxyl groups excluding tert-OH is 2. The highest BCUT2D eigenvalue weighted by molar-refractivity contribution is 6.07. The molecule has 0 aromatic carbocycles. The van der Waals surface area contributed by atoms with Crippen LogP contribution in [0.3, 0.4) is 0 Å². The summed E-state index contributed by atoms with van der Waals surface area (Å²) < 4.78 is 43.4. The summed E-state index contributed by atoms with van der Waals surface area (Å²) in [5.74, 6) is -2.12. The molecule has 0 aromatic rings. The Bertz CT molecular complexity index is 1150. The van der Waals surface area contributed by atoms with Crippen LogP contribution >= 0.6 is 0 Å². The molecule has 0 amide bonds. The maximum absolute atomic E-state index is 13.9. The summed E-state index contributed by atoms with van der Waals surface area (Å²) in [6.45, 7) is 15.5. The molecular weight excluding hydrogens is 624 g/mol. The van der Waals surface area contributed by atoms with Crippen LogP contribution in [0.15, 0.2) is 16.8 Å². The summed E-state index contributed by atoms with van der Waals surface area (Å²) in [4.78, 5) is 15.8. The fourth-order valence-electron chi connectivity index (χ4n) is 7.72. The van der Waals surface area contributed by atoms with E-state index in [1.165, 1.54) is 7.11 Å². The highest BCUT2D eigenvalue weighted by Gasteiger charge is 2.54. The number of ether oxygens (including phenoxy) is 7. The van der Waals surface area contributed by atoms with Gasteiger partial charge in [-0.05, 0) is 73.0 Å². The fourth-order valence-corrected chi connectivity index (χ4v) is 7.72. The molecule has 48 heavy (non-hydrogen) atoms. The number of methoxy groups -OCH3 is 1. The van der Waals surface area contributed by atoms with E-state index in [0.29, 0.717) is 25.2 Å². The van der Waals surface area contributed by atoms with E-state index in [2.05, 4.69) is 5.16 Å². The summed E-state index contributed by atoms with van der Waals surface area (Å²) >= 11 is 0. The number of nitrogens with zero attached hydrogens (tertiary/aromatic N) is 2. The highest BCUT2D eigenvalue weighted by atomic mass is 16.7. The molecule has 3 saturated heterocycles. The second-order valence-electron chi connectivity index (χ2n) is 15.0. The molecule has 13 nitrogen and oxygen atoms in total. The second-order valence-corrected chi connectivity index (χ2v) is 15.0. The number of hydrogen-bond acceptors (Lipinski definition) is 13. The van der Waals surface area contributed by atoms with Crippen LogP contribution in [0.1, 0.15) is 74.7 Å². The van der Waals surface area contributed by atoms with Gasteiger partial charge in [-0.2, -0.15) is 0 Å². The number of rotatable bonds is 6. The van der Waals surface area contributed by atoms with E-state index >= 15 is 0 Å². The van der Waals surface area contributed by atoms with Crippen molar-refractivity contribution in [3.8, 4) is 0 Å². The minimum Gasteiger partial charge on any atom is -0.462 e. The molecule has 0 aromatic heterocycles. The zero-order valence-corrected chi connectivity index (χ0v) is 30.6. The third kappa shape index (κ3) is 8.60. The molecule has 3 N–H and O–H groups in total. The van der Waals surface area contributed by atoms with E-state index in [9.17, 15) is 20.2 Å². The molecule has 0 bridgehead atoms. The van der Waals surface area contributed by atoms with Gasteiger partial charge in [0.1, 0.15) is 29.6 Å². The van der Waals surface area contributed by atoms with Crippen LogP contribution in [0.25, 0.3) is 0 Å². The minimum absolute atomic E-state index is 0.173. The van der Waals surface area contributed by atoms with Crippen molar-refractivity contribution in [3.05, 3.63) is 11.6 Å². The summed E-state index contributed by atoms with van der Waals surface area (Å²) in [7, 11) is 5.38. The summed E-state index contributed by atoms with van der Waals surface area (Å²) in [6, 6.07) is -0.194. The lowest BCUT2D eigenvalue weighted by molar-refractivity contribution is -0.298. The molecule has 4 aliphatic heterocycles. The molecule has 0 unspecified atom stereocenters. The van der Waals surface area contributed by atoms with Gasteiger partial charge in [0.05, 0.1) is 43.0 Å². The number of esters is 1. The Balaban J connectivity index is 1.77. The highest BCUT2D eigenvalue weighted by Crippen LogP contribution is 2.43. The van der Waals surface area contributed by atoms with Gasteiger partial charge in [-0.1, -0.05) is 32.0 Å². The molecule has 4 aliphatic rings. The number of carbonyl (C=O) groups excluding carboxylic acids is 1. The van der Waals surface area contributed by atoms with Crippen molar-refractivity contribution in [2.24, 2.45) is 28.8 Å². The minimum atomic E-state index is -0.957. The zero-order valence-electron chi connectivity index (χ0n) is 30.6. The Morgan fingerprint density at radius 2 is 1.62 bits per heavy atom. The Hall–Kier alpha value is -1.68. The topological polar surface area (TPSA) is 161 Å². The summed E-state index contributed by atoms with van der Waals surface area (Å²) in [6.07, 6.45) is -3.41. The molecule has 13 heteroatoms. The lowest BCUT2D eigenvalue weighted by Crippen LogP contribution is -2.57. The Labute approximate surface area is 285 Å². The van der Waals surface area contributed by atoms with Gasteiger partial charge >= 0.3 is 5.97 Å². The molecule has 4 rings (SSSR count). The number of epoxide rings is 1. The van der Waals surface area contributed by atoms with Crippen molar-refractivity contribution in [2.75, 3.05) is 27.8 Å². The maximum Gasteiger partial charge on any atom is 0.311 e. The number of oxime groups is 1. The van der Waals surface area contributed by atoms with Crippen molar-refractivity contribution in [1.29, 1.82) is 0 Å². The number of hydrogen-bond donors (Lipinski definition) is 3. The third-order valence-corrected chi connectivity index (χ3v) is 10.9. The van der Waals surface area contributed by atoms with Crippen molar-refractivity contribution in [2.45, 2.75) is 148 Å². The van der Waals surface area contributed by atoms with Gasteiger partial charge in [0.2, 0.25) is 0 Å². The Kier molecular flexibility index (Phi) is 13.1. The number of carbonyl (C=O) groups is 1. The quantitative estimate of drug-likeness (QED) is 0.163. The van der Waals surface area contributed by atoms with Gasteiger partial charge in [-0.3, -0.25) is 4.79 Å². The standard InChI is InChI=1S/C35H60N2O11/c1-17-12-18(2)32(36-41)35(16-43-35)15-19(3)30(48-34-29(39)25(37(9)10)13-20(4)44-34)21(5)31(22(6)33(40)46-23(17)7)47-27-14-26(42-11)28(38)24(8)45-27/h12,17,19-31,34,38-39,41H,13-16H2,1-11H3/b18-12+,36-32-/t17-,19+,20-,21-,22-,23-,24+,25+,26-,27+,28+,29+,30+,31+,34+,35-/m1/s1. The van der Waals surface area contributed by atoms with E-state index in [1.807, 2.05) is 66.6 Å². The number of likely N-dealkylation sites (N-methyl/N-ethyl adjacent to an activating group) is 1. The number of aliphatic hydroxyl groups is 2. The molecule has 3 fully saturated rings. The number of cyclic esters (lactones) is 1. The lowest BCUT2D eigenvalue weighted by atomic mass is 9.78. The summed E-state index contributed by atoms with van der Waals surface area (Å²) in [5.41, 5.74) is 0.326. The van der Waals surface area contributed by atoms with Gasteiger partial charge in [0.15, 0.2) is 12.6 Å².